The number of allylic oxidation sites excluding steroid dienone is 1. The predicted octanol–water partition coefficient (Wildman–Crippen LogP) is 0.748. The number of amides is 1. The Hall–Kier alpha value is -3.67. The topological polar surface area (TPSA) is 75.0 Å². The quantitative estimate of drug-likeness (QED) is 0.608. The minimum absolute atomic E-state index is 0.0805. The third kappa shape index (κ3) is 3.45. The van der Waals surface area contributed by atoms with Gasteiger partial charge in [-0.05, 0) is 17.7 Å². The third-order valence-corrected chi connectivity index (χ3v) is 5.35. The van der Waals surface area contributed by atoms with Gasteiger partial charge in [0.2, 0.25) is 11.4 Å². The van der Waals surface area contributed by atoms with Gasteiger partial charge in [-0.2, -0.15) is 0 Å². The number of hydrogen-bond acceptors (Lipinski definition) is 3. The summed E-state index contributed by atoms with van der Waals surface area (Å²) >= 11 is 0. The fraction of sp³-hybridized carbons (Fsp3) is 0.174. The number of hydrogen-bond donors (Lipinski definition) is 3. The van der Waals surface area contributed by atoms with Crippen LogP contribution in [-0.4, -0.2) is 39.1 Å². The van der Waals surface area contributed by atoms with E-state index in [4.69, 9.17) is 0 Å². The van der Waals surface area contributed by atoms with Crippen molar-refractivity contribution in [2.75, 3.05) is 6.54 Å². The molecule has 0 radical (unpaired) electrons. The molecular weight excluding hydrogens is 362 g/mol. The summed E-state index contributed by atoms with van der Waals surface area (Å²) in [6.45, 7) is 0.526. The van der Waals surface area contributed by atoms with E-state index in [1.807, 2.05) is 41.3 Å². The number of fused-ring (bicyclic) bond motifs is 1. The highest BCUT2D eigenvalue weighted by Gasteiger charge is 2.42. The average molecular weight is 384 g/mol. The standard InChI is InChI=1S/C23H21N5O/c29-23-19(14-21-24-11-12-25-21)27-22-18(13-16-7-3-1-4-8-16)26-20(15-28(22)23)17-9-5-2-6-10-17/h1-12,19,27H,13-15H2,(H,24,25)/p+1. The second-order valence-electron chi connectivity index (χ2n) is 7.32. The molecule has 6 nitrogen and oxygen atoms in total. The Balaban J connectivity index is 1.50. The summed E-state index contributed by atoms with van der Waals surface area (Å²) in [4.78, 5) is 26.0. The summed E-state index contributed by atoms with van der Waals surface area (Å²) in [6.07, 6.45) is 4.75. The molecule has 0 aliphatic carbocycles. The van der Waals surface area contributed by atoms with Crippen LogP contribution in [0.1, 0.15) is 17.0 Å². The van der Waals surface area contributed by atoms with Gasteiger partial charge in [-0.15, -0.1) is 0 Å². The van der Waals surface area contributed by atoms with Crippen LogP contribution in [0.4, 0.5) is 0 Å². The lowest BCUT2D eigenvalue weighted by Gasteiger charge is -2.20. The second kappa shape index (κ2) is 7.39. The molecule has 2 aliphatic rings. The summed E-state index contributed by atoms with van der Waals surface area (Å²) < 4.78 is 0. The van der Waals surface area contributed by atoms with E-state index >= 15 is 0 Å². The number of imidazole rings is 1. The Labute approximate surface area is 169 Å². The number of rotatable bonds is 5. The third-order valence-electron chi connectivity index (χ3n) is 5.35. The molecule has 144 valence electrons. The molecule has 0 bridgehead atoms. The van der Waals surface area contributed by atoms with Crippen LogP contribution >= 0.6 is 0 Å². The summed E-state index contributed by atoms with van der Waals surface area (Å²) in [5.74, 6) is 1.76. The molecule has 1 fully saturated rings. The van der Waals surface area contributed by atoms with E-state index in [2.05, 4.69) is 44.5 Å². The Bertz CT molecular complexity index is 1070. The summed E-state index contributed by atoms with van der Waals surface area (Å²) in [6, 6.07) is 20.2. The number of aromatic nitrogens is 2. The Kier molecular flexibility index (Phi) is 4.44. The summed E-state index contributed by atoms with van der Waals surface area (Å²) in [5, 5.41) is 3.44. The SMILES string of the molecule is O=C1C(Cc2ncc[nH]2)NC2=C(Cc3ccccc3)[NH+]=C(c3ccccc3)CN12. The molecule has 1 aromatic heterocycles. The van der Waals surface area contributed by atoms with E-state index in [0.29, 0.717) is 13.0 Å². The van der Waals surface area contributed by atoms with Crippen LogP contribution in [-0.2, 0) is 17.6 Å². The smallest absolute Gasteiger partial charge is 0.251 e. The van der Waals surface area contributed by atoms with Crippen LogP contribution in [0.2, 0.25) is 0 Å². The van der Waals surface area contributed by atoms with Crippen LogP contribution in [0.3, 0.4) is 0 Å². The maximum absolute atomic E-state index is 13.2. The normalized spacial score (nSPS) is 18.5. The zero-order valence-electron chi connectivity index (χ0n) is 15.9. The fourth-order valence-corrected chi connectivity index (χ4v) is 3.92. The van der Waals surface area contributed by atoms with Crippen LogP contribution in [0, 0.1) is 0 Å². The number of H-pyrrole nitrogens is 1. The van der Waals surface area contributed by atoms with Gasteiger partial charge in [0, 0.05) is 24.4 Å². The van der Waals surface area contributed by atoms with Crippen molar-refractivity contribution in [1.82, 2.24) is 20.2 Å². The van der Waals surface area contributed by atoms with Gasteiger partial charge in [0.15, 0.2) is 5.82 Å². The molecule has 6 heteroatoms. The minimum Gasteiger partial charge on any atom is -0.354 e. The Morgan fingerprint density at radius 2 is 1.83 bits per heavy atom. The molecule has 1 atom stereocenters. The monoisotopic (exact) mass is 384 g/mol. The molecule has 1 unspecified atom stereocenters. The Morgan fingerprint density at radius 1 is 1.07 bits per heavy atom. The van der Waals surface area contributed by atoms with Crippen molar-refractivity contribution in [2.45, 2.75) is 18.9 Å². The number of nitrogens with zero attached hydrogens (tertiary/aromatic N) is 2. The number of carbonyl (C=O) groups excluding carboxylic acids is 1. The lowest BCUT2D eigenvalue weighted by Crippen LogP contribution is -2.76. The number of benzene rings is 2. The maximum Gasteiger partial charge on any atom is 0.251 e. The van der Waals surface area contributed by atoms with Gasteiger partial charge in [-0.3, -0.25) is 9.69 Å². The predicted molar refractivity (Wildman–Crippen MR) is 110 cm³/mol. The van der Waals surface area contributed by atoms with E-state index < -0.39 is 0 Å². The first-order chi connectivity index (χ1) is 14.3. The largest absolute Gasteiger partial charge is 0.354 e. The van der Waals surface area contributed by atoms with Crippen molar-refractivity contribution in [2.24, 2.45) is 0 Å². The summed E-state index contributed by atoms with van der Waals surface area (Å²) in [5.41, 5.74) is 4.34. The van der Waals surface area contributed by atoms with Gasteiger partial charge in [-0.1, -0.05) is 48.5 Å². The molecule has 29 heavy (non-hydrogen) atoms. The average Bonchev–Trinajstić information content (AvgIpc) is 3.38. The first kappa shape index (κ1) is 17.4. The van der Waals surface area contributed by atoms with Gasteiger partial charge in [0.1, 0.15) is 18.4 Å². The van der Waals surface area contributed by atoms with Crippen LogP contribution < -0.4 is 10.3 Å². The van der Waals surface area contributed by atoms with Crippen LogP contribution in [0.15, 0.2) is 84.6 Å². The molecule has 2 aromatic carbocycles. The molecule has 5 rings (SSSR count). The van der Waals surface area contributed by atoms with Crippen molar-refractivity contribution in [3.8, 4) is 0 Å². The molecule has 1 amide bonds. The number of carbonyl (C=O) groups is 1. The van der Waals surface area contributed by atoms with E-state index in [1.165, 1.54) is 5.56 Å². The van der Waals surface area contributed by atoms with Gasteiger partial charge in [0.05, 0.1) is 6.42 Å². The molecular formula is C23H22N5O+. The van der Waals surface area contributed by atoms with Gasteiger partial charge < -0.3 is 10.3 Å². The molecule has 2 aliphatic heterocycles. The molecule has 0 saturated carbocycles. The lowest BCUT2D eigenvalue weighted by molar-refractivity contribution is -0.406. The molecule has 3 heterocycles. The van der Waals surface area contributed by atoms with Gasteiger partial charge in [-0.25, -0.2) is 9.98 Å². The van der Waals surface area contributed by atoms with Crippen LogP contribution in [0.5, 0.6) is 0 Å². The second-order valence-corrected chi connectivity index (χ2v) is 7.32. The zero-order chi connectivity index (χ0) is 19.6. The van der Waals surface area contributed by atoms with E-state index in [0.717, 1.165) is 35.0 Å². The van der Waals surface area contributed by atoms with Crippen LogP contribution in [0.25, 0.3) is 0 Å². The first-order valence-corrected chi connectivity index (χ1v) is 9.79. The molecule has 0 spiro atoms. The van der Waals surface area contributed by atoms with Crippen molar-refractivity contribution in [3.63, 3.8) is 0 Å². The van der Waals surface area contributed by atoms with Crippen molar-refractivity contribution in [3.05, 3.63) is 102 Å². The summed E-state index contributed by atoms with van der Waals surface area (Å²) in [7, 11) is 0. The van der Waals surface area contributed by atoms with Gasteiger partial charge in [0.25, 0.3) is 5.91 Å². The Morgan fingerprint density at radius 3 is 2.55 bits per heavy atom. The number of nitrogens with one attached hydrogen (secondary N) is 3. The van der Waals surface area contributed by atoms with E-state index in [9.17, 15) is 4.79 Å². The van der Waals surface area contributed by atoms with E-state index in [1.54, 1.807) is 12.4 Å². The van der Waals surface area contributed by atoms with Crippen molar-refractivity contribution >= 4 is 11.6 Å². The number of aromatic amines is 1. The van der Waals surface area contributed by atoms with Crippen molar-refractivity contribution < 1.29 is 9.79 Å². The minimum atomic E-state index is -0.321. The van der Waals surface area contributed by atoms with Gasteiger partial charge >= 0.3 is 0 Å². The molecule has 1 saturated heterocycles. The highest BCUT2D eigenvalue weighted by Crippen LogP contribution is 2.21. The maximum atomic E-state index is 13.2. The van der Waals surface area contributed by atoms with E-state index in [-0.39, 0.29) is 11.9 Å². The molecule has 3 aromatic rings. The molecule has 3 N–H and O–H groups in total. The van der Waals surface area contributed by atoms with Crippen molar-refractivity contribution in [1.29, 1.82) is 0 Å². The zero-order valence-corrected chi connectivity index (χ0v) is 15.9. The first-order valence-electron chi connectivity index (χ1n) is 9.79. The highest BCUT2D eigenvalue weighted by atomic mass is 16.2. The fourth-order valence-electron chi connectivity index (χ4n) is 3.92. The lowest BCUT2D eigenvalue weighted by atomic mass is 10.1. The highest BCUT2D eigenvalue weighted by molar-refractivity contribution is 6.01.